The third kappa shape index (κ3) is 2.96. The second-order valence-corrected chi connectivity index (χ2v) is 8.09. The van der Waals surface area contributed by atoms with Gasteiger partial charge in [-0.15, -0.1) is 0 Å². The summed E-state index contributed by atoms with van der Waals surface area (Å²) < 4.78 is 54.3. The topological polar surface area (TPSA) is 60.0 Å². The van der Waals surface area contributed by atoms with Crippen molar-refractivity contribution in [2.75, 3.05) is 32.0 Å². The van der Waals surface area contributed by atoms with Crippen LogP contribution in [-0.4, -0.2) is 45.7 Å². The van der Waals surface area contributed by atoms with Crippen molar-refractivity contribution < 1.29 is 17.6 Å². The zero-order chi connectivity index (χ0) is 19.6. The summed E-state index contributed by atoms with van der Waals surface area (Å²) in [5.41, 5.74) is 5.32. The number of imidazole rings is 1. The molecule has 2 aliphatic carbocycles. The summed E-state index contributed by atoms with van der Waals surface area (Å²) in [6.07, 6.45) is 0.775. The van der Waals surface area contributed by atoms with Crippen LogP contribution in [0.3, 0.4) is 0 Å². The molecule has 1 unspecified atom stereocenters. The second kappa shape index (κ2) is 6.17. The average molecular weight is 395 g/mol. The van der Waals surface area contributed by atoms with Crippen LogP contribution in [0.2, 0.25) is 0 Å². The maximum Gasteiger partial charge on any atom is 0.419 e. The van der Waals surface area contributed by atoms with Gasteiger partial charge in [-0.25, -0.2) is 14.4 Å². The number of nitrogens with zero attached hydrogens (tertiary/aromatic N) is 4. The summed E-state index contributed by atoms with van der Waals surface area (Å²) in [5, 5.41) is 0. The number of anilines is 1. The number of nitrogens with two attached hydrogens (primary N) is 1. The van der Waals surface area contributed by atoms with Crippen LogP contribution in [0.15, 0.2) is 18.5 Å². The molecule has 0 radical (unpaired) electrons. The molecule has 0 amide bonds. The number of aromatic nitrogens is 3. The van der Waals surface area contributed by atoms with Crippen LogP contribution in [0.5, 0.6) is 0 Å². The summed E-state index contributed by atoms with van der Waals surface area (Å²) in [4.78, 5) is 10.6. The van der Waals surface area contributed by atoms with Gasteiger partial charge in [0.1, 0.15) is 18.3 Å². The van der Waals surface area contributed by atoms with Crippen LogP contribution in [0.25, 0.3) is 11.3 Å². The third-order valence-corrected chi connectivity index (χ3v) is 6.17. The highest BCUT2D eigenvalue weighted by molar-refractivity contribution is 5.62. The van der Waals surface area contributed by atoms with Crippen molar-refractivity contribution in [3.63, 3.8) is 0 Å². The molecule has 3 atom stereocenters. The number of fused-ring (bicyclic) bond motifs is 1. The Morgan fingerprint density at radius 1 is 1.18 bits per heavy atom. The standard InChI is InChI=1S/C19H21F4N5/c20-3-4-27-7-12-13(8-27)16(12)28-9-15(26-18(28)10-1-2-10)11-5-14(19(21,22)23)17(24)25-6-11/h5-6,9-10,12-13,16H,1-4,7-8H2,(H2,24,25)/t12-,13+,16?. The Hall–Kier alpha value is -2.16. The molecule has 9 heteroatoms. The van der Waals surface area contributed by atoms with Gasteiger partial charge in [0.25, 0.3) is 0 Å². The molecule has 150 valence electrons. The summed E-state index contributed by atoms with van der Waals surface area (Å²) in [5.74, 6) is 1.75. The SMILES string of the molecule is Nc1ncc(-c2cn(C3[C@H]4CN(CCF)C[C@@H]34)c(C3CC3)n2)cc1C(F)(F)F. The molecule has 1 aliphatic heterocycles. The summed E-state index contributed by atoms with van der Waals surface area (Å²) in [6.45, 7) is 1.89. The van der Waals surface area contributed by atoms with Crippen LogP contribution < -0.4 is 5.73 Å². The Kier molecular flexibility index (Phi) is 3.94. The fraction of sp³-hybridized carbons (Fsp3) is 0.579. The first kappa shape index (κ1) is 17.9. The Morgan fingerprint density at radius 3 is 2.50 bits per heavy atom. The zero-order valence-corrected chi connectivity index (χ0v) is 15.2. The highest BCUT2D eigenvalue weighted by Crippen LogP contribution is 2.57. The molecule has 2 aromatic rings. The minimum absolute atomic E-state index is 0.316. The van der Waals surface area contributed by atoms with E-state index in [4.69, 9.17) is 5.73 Å². The lowest BCUT2D eigenvalue weighted by Crippen LogP contribution is -2.27. The van der Waals surface area contributed by atoms with Crippen molar-refractivity contribution in [3.8, 4) is 11.3 Å². The number of hydrogen-bond donors (Lipinski definition) is 1. The van der Waals surface area contributed by atoms with Crippen molar-refractivity contribution >= 4 is 5.82 Å². The first-order chi connectivity index (χ1) is 13.4. The van der Waals surface area contributed by atoms with Crippen LogP contribution in [0, 0.1) is 11.8 Å². The predicted molar refractivity (Wildman–Crippen MR) is 95.3 cm³/mol. The molecule has 3 aliphatic rings. The van der Waals surface area contributed by atoms with E-state index in [1.165, 1.54) is 6.20 Å². The zero-order valence-electron chi connectivity index (χ0n) is 15.2. The summed E-state index contributed by atoms with van der Waals surface area (Å²) in [7, 11) is 0. The van der Waals surface area contributed by atoms with E-state index >= 15 is 0 Å². The summed E-state index contributed by atoms with van der Waals surface area (Å²) >= 11 is 0. The molecule has 2 aromatic heterocycles. The lowest BCUT2D eigenvalue weighted by molar-refractivity contribution is -0.137. The second-order valence-electron chi connectivity index (χ2n) is 8.09. The van der Waals surface area contributed by atoms with Crippen LogP contribution in [0.4, 0.5) is 23.4 Å². The van der Waals surface area contributed by atoms with Crippen molar-refractivity contribution in [3.05, 3.63) is 29.8 Å². The maximum absolute atomic E-state index is 13.2. The molecule has 1 saturated heterocycles. The molecule has 0 spiro atoms. The van der Waals surface area contributed by atoms with Gasteiger partial charge in [0.05, 0.1) is 11.3 Å². The van der Waals surface area contributed by atoms with Crippen molar-refractivity contribution in [2.24, 2.45) is 11.8 Å². The van der Waals surface area contributed by atoms with Gasteiger partial charge in [-0.1, -0.05) is 0 Å². The maximum atomic E-state index is 13.2. The first-order valence-electron chi connectivity index (χ1n) is 9.57. The number of hydrogen-bond acceptors (Lipinski definition) is 4. The molecule has 5 rings (SSSR count). The minimum atomic E-state index is -4.55. The van der Waals surface area contributed by atoms with Gasteiger partial charge >= 0.3 is 6.18 Å². The van der Waals surface area contributed by atoms with Gasteiger partial charge < -0.3 is 15.2 Å². The smallest absolute Gasteiger partial charge is 0.383 e. The molecule has 0 bridgehead atoms. The Bertz CT molecular complexity index is 892. The fourth-order valence-corrected chi connectivity index (χ4v) is 4.57. The summed E-state index contributed by atoms with van der Waals surface area (Å²) in [6, 6.07) is 1.35. The number of alkyl halides is 4. The predicted octanol–water partition coefficient (Wildman–Crippen LogP) is 3.50. The van der Waals surface area contributed by atoms with Gasteiger partial charge in [-0.3, -0.25) is 0 Å². The molecular formula is C19H21F4N5. The number of halogens is 4. The molecule has 2 N–H and O–H groups in total. The Balaban J connectivity index is 1.45. The Labute approximate surface area is 159 Å². The number of piperidine rings is 1. The van der Waals surface area contributed by atoms with Crippen LogP contribution in [0.1, 0.15) is 36.2 Å². The highest BCUT2D eigenvalue weighted by atomic mass is 19.4. The molecule has 3 heterocycles. The lowest BCUT2D eigenvalue weighted by Gasteiger charge is -2.18. The van der Waals surface area contributed by atoms with Gasteiger partial charge in [0.2, 0.25) is 0 Å². The molecule has 0 aromatic carbocycles. The number of pyridine rings is 1. The van der Waals surface area contributed by atoms with E-state index in [-0.39, 0.29) is 6.67 Å². The van der Waals surface area contributed by atoms with E-state index in [1.54, 1.807) is 0 Å². The average Bonchev–Trinajstić information content (AvgIpc) is 3.51. The monoisotopic (exact) mass is 395 g/mol. The van der Waals surface area contributed by atoms with Gasteiger partial charge in [0, 0.05) is 49.6 Å². The van der Waals surface area contributed by atoms with E-state index in [1.807, 2.05) is 6.20 Å². The van der Waals surface area contributed by atoms with Crippen molar-refractivity contribution in [2.45, 2.75) is 31.0 Å². The van der Waals surface area contributed by atoms with Crippen LogP contribution in [-0.2, 0) is 6.18 Å². The molecule has 3 fully saturated rings. The molecular weight excluding hydrogens is 374 g/mol. The normalized spacial score (nSPS) is 27.2. The number of rotatable bonds is 5. The quantitative estimate of drug-likeness (QED) is 0.788. The van der Waals surface area contributed by atoms with E-state index in [0.29, 0.717) is 41.6 Å². The van der Waals surface area contributed by atoms with Gasteiger partial charge in [-0.05, 0) is 30.7 Å². The lowest BCUT2D eigenvalue weighted by atomic mass is 10.1. The third-order valence-electron chi connectivity index (χ3n) is 6.17. The molecule has 28 heavy (non-hydrogen) atoms. The number of likely N-dealkylation sites (tertiary alicyclic amines) is 1. The molecule has 5 nitrogen and oxygen atoms in total. The van der Waals surface area contributed by atoms with Gasteiger partial charge in [0.15, 0.2) is 0 Å². The van der Waals surface area contributed by atoms with E-state index in [2.05, 4.69) is 19.4 Å². The van der Waals surface area contributed by atoms with E-state index in [9.17, 15) is 17.6 Å². The Morgan fingerprint density at radius 2 is 1.89 bits per heavy atom. The largest absolute Gasteiger partial charge is 0.419 e. The molecule has 2 saturated carbocycles. The first-order valence-corrected chi connectivity index (χ1v) is 9.57. The van der Waals surface area contributed by atoms with Crippen LogP contribution >= 0.6 is 0 Å². The van der Waals surface area contributed by atoms with Crippen molar-refractivity contribution in [1.29, 1.82) is 0 Å². The van der Waals surface area contributed by atoms with E-state index < -0.39 is 17.6 Å². The van der Waals surface area contributed by atoms with E-state index in [0.717, 1.165) is 37.8 Å². The van der Waals surface area contributed by atoms with Crippen molar-refractivity contribution in [1.82, 2.24) is 19.4 Å². The highest BCUT2D eigenvalue weighted by Gasteiger charge is 2.57. The number of nitrogen functional groups attached to an aromatic ring is 1. The fourth-order valence-electron chi connectivity index (χ4n) is 4.57. The minimum Gasteiger partial charge on any atom is -0.383 e. The van der Waals surface area contributed by atoms with Gasteiger partial charge in [-0.2, -0.15) is 13.2 Å².